The first-order chi connectivity index (χ1) is 12.4. The van der Waals surface area contributed by atoms with E-state index in [4.69, 9.17) is 15.2 Å². The molecule has 140 valence electrons. The summed E-state index contributed by atoms with van der Waals surface area (Å²) in [7, 11) is -0.996. The van der Waals surface area contributed by atoms with E-state index in [1.807, 2.05) is 13.8 Å². The number of rotatable bonds is 6. The number of carbonyl (C=O) groups is 1. The van der Waals surface area contributed by atoms with Crippen molar-refractivity contribution in [3.63, 3.8) is 0 Å². The number of nitrogens with zero attached hydrogens (tertiary/aromatic N) is 1. The van der Waals surface area contributed by atoms with Gasteiger partial charge in [-0.2, -0.15) is 0 Å². The van der Waals surface area contributed by atoms with Crippen LogP contribution in [0.15, 0.2) is 24.4 Å². The Kier molecular flexibility index (Phi) is 5.73. The van der Waals surface area contributed by atoms with Crippen molar-refractivity contribution in [1.82, 2.24) is 9.71 Å². The summed E-state index contributed by atoms with van der Waals surface area (Å²) in [5.41, 5.74) is 5.81. The summed E-state index contributed by atoms with van der Waals surface area (Å²) < 4.78 is 26.3. The number of ether oxygens (including phenoxy) is 2. The third kappa shape index (κ3) is 4.31. The Morgan fingerprint density at radius 1 is 1.46 bits per heavy atom. The molecule has 1 saturated heterocycles. The van der Waals surface area contributed by atoms with Crippen molar-refractivity contribution < 1.29 is 18.5 Å². The summed E-state index contributed by atoms with van der Waals surface area (Å²) in [6.45, 7) is 4.13. The maximum Gasteiger partial charge on any atom is 0.252 e. The molecular formula is C18H23N3O4S. The Balaban J connectivity index is 1.90. The summed E-state index contributed by atoms with van der Waals surface area (Å²) in [5, 5.41) is 1.53. The number of hydrogen-bond donors (Lipinski definition) is 2. The molecule has 0 aliphatic carbocycles. The molecular weight excluding hydrogens is 354 g/mol. The number of pyridine rings is 1. The van der Waals surface area contributed by atoms with Gasteiger partial charge in [-0.25, -0.2) is 13.9 Å². The molecule has 2 aromatic rings. The van der Waals surface area contributed by atoms with Gasteiger partial charge in [-0.05, 0) is 50.3 Å². The first kappa shape index (κ1) is 18.6. The number of hydrogen-bond acceptors (Lipinski definition) is 5. The third-order valence-corrected chi connectivity index (χ3v) is 5.31. The van der Waals surface area contributed by atoms with Gasteiger partial charge in [0.25, 0.3) is 5.91 Å². The number of fused-ring (bicyclic) bond motifs is 1. The van der Waals surface area contributed by atoms with Crippen LogP contribution in [-0.4, -0.2) is 39.6 Å². The van der Waals surface area contributed by atoms with Gasteiger partial charge in [0.15, 0.2) is 0 Å². The molecule has 8 heteroatoms. The van der Waals surface area contributed by atoms with Crippen molar-refractivity contribution in [2.45, 2.75) is 38.8 Å². The standard InChI is InChI=1S/C18H23N3O4S/c1-11(2)25-16-9-14-12(8-15(16)17(19)22)5-6-20-18(14)24-10-13-4-3-7-26(23)21-13/h5-6,8-9,11,13,21H,3-4,7,10H2,1-2H3,(H2,19,22). The lowest BCUT2D eigenvalue weighted by Gasteiger charge is -2.22. The van der Waals surface area contributed by atoms with Gasteiger partial charge in [0.05, 0.1) is 28.7 Å². The van der Waals surface area contributed by atoms with Crippen LogP contribution < -0.4 is 19.9 Å². The van der Waals surface area contributed by atoms with E-state index < -0.39 is 16.9 Å². The van der Waals surface area contributed by atoms with E-state index in [1.165, 1.54) is 0 Å². The molecule has 2 heterocycles. The van der Waals surface area contributed by atoms with Crippen LogP contribution >= 0.6 is 0 Å². The molecule has 0 radical (unpaired) electrons. The molecule has 1 amide bonds. The Hall–Kier alpha value is -2.19. The van der Waals surface area contributed by atoms with E-state index >= 15 is 0 Å². The van der Waals surface area contributed by atoms with Gasteiger partial charge in [0.1, 0.15) is 12.4 Å². The number of benzene rings is 1. The van der Waals surface area contributed by atoms with Gasteiger partial charge in [-0.1, -0.05) is 0 Å². The summed E-state index contributed by atoms with van der Waals surface area (Å²) in [6, 6.07) is 5.25. The van der Waals surface area contributed by atoms with E-state index in [1.54, 1.807) is 24.4 Å². The molecule has 2 unspecified atom stereocenters. The second-order valence-electron chi connectivity index (χ2n) is 6.53. The second kappa shape index (κ2) is 8.01. The lowest BCUT2D eigenvalue weighted by Crippen LogP contribution is -2.40. The van der Waals surface area contributed by atoms with Crippen LogP contribution in [0.25, 0.3) is 10.8 Å². The number of primary amides is 1. The van der Waals surface area contributed by atoms with Crippen molar-refractivity contribution >= 4 is 27.7 Å². The minimum atomic E-state index is -0.996. The highest BCUT2D eigenvalue weighted by Gasteiger charge is 2.20. The van der Waals surface area contributed by atoms with E-state index in [0.29, 0.717) is 29.6 Å². The van der Waals surface area contributed by atoms with Crippen LogP contribution in [0.5, 0.6) is 11.6 Å². The number of aromatic nitrogens is 1. The highest BCUT2D eigenvalue weighted by Crippen LogP contribution is 2.31. The van der Waals surface area contributed by atoms with E-state index in [-0.39, 0.29) is 12.1 Å². The van der Waals surface area contributed by atoms with E-state index in [9.17, 15) is 9.00 Å². The molecule has 1 aliphatic rings. The van der Waals surface area contributed by atoms with Crippen molar-refractivity contribution in [1.29, 1.82) is 0 Å². The fourth-order valence-electron chi connectivity index (χ4n) is 2.89. The summed E-state index contributed by atoms with van der Waals surface area (Å²) in [6.07, 6.45) is 3.33. The van der Waals surface area contributed by atoms with Crippen LogP contribution in [0.2, 0.25) is 0 Å². The molecule has 3 rings (SSSR count). The summed E-state index contributed by atoms with van der Waals surface area (Å²) in [4.78, 5) is 16.1. The Bertz CT molecular complexity index is 841. The first-order valence-corrected chi connectivity index (χ1v) is 9.92. The van der Waals surface area contributed by atoms with Crippen LogP contribution in [-0.2, 0) is 11.0 Å². The fraction of sp³-hybridized carbons (Fsp3) is 0.444. The van der Waals surface area contributed by atoms with Crippen molar-refractivity contribution in [3.8, 4) is 11.6 Å². The quantitative estimate of drug-likeness (QED) is 0.800. The Labute approximate surface area is 154 Å². The second-order valence-corrected chi connectivity index (χ2v) is 7.87. The first-order valence-electron chi connectivity index (χ1n) is 8.60. The van der Waals surface area contributed by atoms with Crippen LogP contribution in [0, 0.1) is 0 Å². The minimum Gasteiger partial charge on any atom is -0.490 e. The van der Waals surface area contributed by atoms with E-state index in [0.717, 1.165) is 23.6 Å². The highest BCUT2D eigenvalue weighted by molar-refractivity contribution is 7.83. The van der Waals surface area contributed by atoms with Gasteiger partial charge in [-0.15, -0.1) is 0 Å². The number of nitrogens with two attached hydrogens (primary N) is 1. The average molecular weight is 377 g/mol. The predicted octanol–water partition coefficient (Wildman–Crippen LogP) is 1.92. The zero-order valence-electron chi connectivity index (χ0n) is 14.9. The Morgan fingerprint density at radius 2 is 2.27 bits per heavy atom. The number of nitrogens with one attached hydrogen (secondary N) is 1. The highest BCUT2D eigenvalue weighted by atomic mass is 32.2. The largest absolute Gasteiger partial charge is 0.490 e. The van der Waals surface area contributed by atoms with Crippen molar-refractivity contribution in [2.24, 2.45) is 5.73 Å². The molecule has 1 aromatic carbocycles. The van der Waals surface area contributed by atoms with Gasteiger partial charge < -0.3 is 15.2 Å². The zero-order valence-corrected chi connectivity index (χ0v) is 15.7. The normalized spacial score (nSPS) is 20.3. The maximum atomic E-state index is 11.8. The number of carbonyl (C=O) groups excluding carboxylic acids is 1. The molecule has 7 nitrogen and oxygen atoms in total. The van der Waals surface area contributed by atoms with Gasteiger partial charge in [0, 0.05) is 17.3 Å². The molecule has 2 atom stereocenters. The van der Waals surface area contributed by atoms with Crippen LogP contribution in [0.1, 0.15) is 37.0 Å². The minimum absolute atomic E-state index is 0.0258. The number of amides is 1. The van der Waals surface area contributed by atoms with Gasteiger partial charge in [-0.3, -0.25) is 4.79 Å². The maximum absolute atomic E-state index is 11.8. The third-order valence-electron chi connectivity index (χ3n) is 4.06. The Morgan fingerprint density at radius 3 is 2.96 bits per heavy atom. The SMILES string of the molecule is CC(C)Oc1cc2c(OCC3CCCS(=O)N3)nccc2cc1C(N)=O. The fourth-order valence-corrected chi connectivity index (χ4v) is 4.00. The van der Waals surface area contributed by atoms with Crippen LogP contribution in [0.3, 0.4) is 0 Å². The van der Waals surface area contributed by atoms with Crippen LogP contribution in [0.4, 0.5) is 0 Å². The van der Waals surface area contributed by atoms with Crippen molar-refractivity contribution in [2.75, 3.05) is 12.4 Å². The summed E-state index contributed by atoms with van der Waals surface area (Å²) in [5.74, 6) is 0.991. The molecule has 0 saturated carbocycles. The molecule has 3 N–H and O–H groups in total. The van der Waals surface area contributed by atoms with Gasteiger partial charge in [0.2, 0.25) is 5.88 Å². The van der Waals surface area contributed by atoms with Gasteiger partial charge >= 0.3 is 0 Å². The predicted molar refractivity (Wildman–Crippen MR) is 101 cm³/mol. The topological polar surface area (TPSA) is 104 Å². The monoisotopic (exact) mass is 377 g/mol. The molecule has 1 aliphatic heterocycles. The molecule has 1 aromatic heterocycles. The van der Waals surface area contributed by atoms with E-state index in [2.05, 4.69) is 9.71 Å². The molecule has 0 spiro atoms. The smallest absolute Gasteiger partial charge is 0.252 e. The van der Waals surface area contributed by atoms with Crippen molar-refractivity contribution in [3.05, 3.63) is 30.0 Å². The average Bonchev–Trinajstić information content (AvgIpc) is 2.59. The summed E-state index contributed by atoms with van der Waals surface area (Å²) >= 11 is 0. The lowest BCUT2D eigenvalue weighted by atomic mass is 10.1. The molecule has 1 fully saturated rings. The molecule has 26 heavy (non-hydrogen) atoms. The lowest BCUT2D eigenvalue weighted by molar-refractivity contribution is 0.0994. The molecule has 0 bridgehead atoms. The zero-order chi connectivity index (χ0) is 18.7.